The number of esters is 1. The van der Waals surface area contributed by atoms with Crippen LogP contribution in [0.2, 0.25) is 0 Å². The Bertz CT molecular complexity index is 396. The molecule has 1 N–H and O–H groups in total. The van der Waals surface area contributed by atoms with Gasteiger partial charge < -0.3 is 24.1 Å². The minimum absolute atomic E-state index is 0.200. The summed E-state index contributed by atoms with van der Waals surface area (Å²) in [5, 5.41) is 8.24. The average molecular weight is 314 g/mol. The van der Waals surface area contributed by atoms with E-state index in [0.717, 1.165) is 32.5 Å². The van der Waals surface area contributed by atoms with Crippen molar-refractivity contribution in [3.05, 3.63) is 24.3 Å². The molecular formula is C15H22O7. The quantitative estimate of drug-likeness (QED) is 0.384. The molecule has 0 aliphatic carbocycles. The lowest BCUT2D eigenvalue weighted by Gasteiger charge is -2.00. The zero-order chi connectivity index (χ0) is 16.4. The van der Waals surface area contributed by atoms with E-state index in [0.29, 0.717) is 18.8 Å². The third-order valence-electron chi connectivity index (χ3n) is 2.60. The molecule has 7 heteroatoms. The molecule has 0 aromatic rings. The van der Waals surface area contributed by atoms with Crippen molar-refractivity contribution < 1.29 is 33.6 Å². The highest BCUT2D eigenvalue weighted by Crippen LogP contribution is 2.12. The van der Waals surface area contributed by atoms with Gasteiger partial charge in [0.25, 0.3) is 0 Å². The molecule has 2 fully saturated rings. The van der Waals surface area contributed by atoms with E-state index in [2.05, 4.69) is 11.3 Å². The number of rotatable bonds is 9. The third-order valence-corrected chi connectivity index (χ3v) is 2.60. The summed E-state index contributed by atoms with van der Waals surface area (Å²) in [5.74, 6) is -1.53. The Morgan fingerprint density at radius 1 is 1.27 bits per heavy atom. The molecule has 2 saturated heterocycles. The van der Waals surface area contributed by atoms with Crippen LogP contribution in [0.3, 0.4) is 0 Å². The maximum absolute atomic E-state index is 10.9. The van der Waals surface area contributed by atoms with Gasteiger partial charge in [-0.25, -0.2) is 9.59 Å². The van der Waals surface area contributed by atoms with Crippen molar-refractivity contribution >= 4 is 11.9 Å². The van der Waals surface area contributed by atoms with Gasteiger partial charge in [0.2, 0.25) is 0 Å². The van der Waals surface area contributed by atoms with Crippen molar-refractivity contribution in [2.75, 3.05) is 33.0 Å². The fourth-order valence-corrected chi connectivity index (χ4v) is 1.28. The number of carbonyl (C=O) groups excluding carboxylic acids is 1. The first-order valence-corrected chi connectivity index (χ1v) is 7.08. The average Bonchev–Trinajstić information content (AvgIpc) is 3.34. The minimum atomic E-state index is -1.04. The number of carboxylic acids is 1. The molecule has 2 aliphatic heterocycles. The zero-order valence-electron chi connectivity index (χ0n) is 12.7. The lowest BCUT2D eigenvalue weighted by molar-refractivity contribution is -0.138. The van der Waals surface area contributed by atoms with Crippen LogP contribution in [-0.4, -0.2) is 62.3 Å². The monoisotopic (exact) mass is 314 g/mol. The summed E-state index contributed by atoms with van der Waals surface area (Å²) >= 11 is 0. The molecule has 2 heterocycles. The van der Waals surface area contributed by atoms with E-state index in [1.165, 1.54) is 6.08 Å². The van der Waals surface area contributed by atoms with Gasteiger partial charge in [0.05, 0.1) is 33.0 Å². The maximum Gasteiger partial charge on any atom is 0.333 e. The molecule has 0 spiro atoms. The molecule has 2 atom stereocenters. The van der Waals surface area contributed by atoms with Crippen LogP contribution in [0.5, 0.6) is 0 Å². The number of aliphatic carboxylic acids is 1. The van der Waals surface area contributed by atoms with Gasteiger partial charge in [-0.1, -0.05) is 12.7 Å². The van der Waals surface area contributed by atoms with E-state index in [1.807, 2.05) is 0 Å². The van der Waals surface area contributed by atoms with Gasteiger partial charge in [-0.05, 0) is 13.3 Å². The summed E-state index contributed by atoms with van der Waals surface area (Å²) in [7, 11) is 0. The topological polar surface area (TPSA) is 97.9 Å². The fraction of sp³-hybridized carbons (Fsp3) is 0.600. The van der Waals surface area contributed by atoms with Gasteiger partial charge in [0.1, 0.15) is 12.2 Å². The van der Waals surface area contributed by atoms with E-state index in [9.17, 15) is 9.59 Å². The molecule has 124 valence electrons. The Morgan fingerprint density at radius 3 is 2.23 bits per heavy atom. The number of epoxide rings is 2. The molecule has 2 unspecified atom stereocenters. The predicted octanol–water partition coefficient (Wildman–Crippen LogP) is 0.937. The van der Waals surface area contributed by atoms with Crippen LogP contribution < -0.4 is 0 Å². The number of allylic oxidation sites excluding steroid dienone is 1. The van der Waals surface area contributed by atoms with Crippen LogP contribution in [0.4, 0.5) is 0 Å². The highest BCUT2D eigenvalue weighted by molar-refractivity contribution is 5.88. The molecule has 0 radical (unpaired) electrons. The van der Waals surface area contributed by atoms with Gasteiger partial charge >= 0.3 is 11.9 Å². The molecule has 22 heavy (non-hydrogen) atoms. The number of carbonyl (C=O) groups is 2. The summed E-state index contributed by atoms with van der Waals surface area (Å²) in [5.41, 5.74) is 0.249. The van der Waals surface area contributed by atoms with E-state index in [4.69, 9.17) is 19.3 Å². The highest BCUT2D eigenvalue weighted by Gasteiger charge is 2.26. The Hall–Kier alpha value is -1.70. The van der Waals surface area contributed by atoms with Gasteiger partial charge in [-0.15, -0.1) is 0 Å². The van der Waals surface area contributed by atoms with E-state index < -0.39 is 11.9 Å². The first kappa shape index (κ1) is 18.3. The van der Waals surface area contributed by atoms with Crippen LogP contribution in [-0.2, 0) is 28.5 Å². The van der Waals surface area contributed by atoms with Crippen molar-refractivity contribution in [2.45, 2.75) is 25.6 Å². The van der Waals surface area contributed by atoms with Crippen LogP contribution in [0.25, 0.3) is 0 Å². The molecule has 7 nitrogen and oxygen atoms in total. The van der Waals surface area contributed by atoms with Crippen LogP contribution in [0, 0.1) is 0 Å². The standard InChI is InChI=1S/C9H12O4.C6H10O3/c1-3-13-9(12)7(2)5-4-6-8(10)11;1(5-3-8-5)7-2-6-4-9-6/h4,6H,2-3,5H2,1H3,(H,10,11);5-6H,1-4H2. The first-order valence-electron chi connectivity index (χ1n) is 7.08. The Kier molecular flexibility index (Phi) is 8.42. The first-order chi connectivity index (χ1) is 10.5. The van der Waals surface area contributed by atoms with Gasteiger partial charge in [-0.3, -0.25) is 0 Å². The summed E-state index contributed by atoms with van der Waals surface area (Å²) in [6.07, 6.45) is 3.30. The highest BCUT2D eigenvalue weighted by atomic mass is 16.6. The summed E-state index contributed by atoms with van der Waals surface area (Å²) in [6, 6.07) is 0. The zero-order valence-corrected chi connectivity index (χ0v) is 12.7. The van der Waals surface area contributed by atoms with Crippen LogP contribution in [0.15, 0.2) is 24.3 Å². The van der Waals surface area contributed by atoms with Crippen LogP contribution >= 0.6 is 0 Å². The molecule has 0 aromatic carbocycles. The third kappa shape index (κ3) is 10.1. The fourth-order valence-electron chi connectivity index (χ4n) is 1.28. The number of carboxylic acid groups (broad SMARTS) is 1. The van der Waals surface area contributed by atoms with Crippen molar-refractivity contribution in [3.8, 4) is 0 Å². The van der Waals surface area contributed by atoms with E-state index in [1.54, 1.807) is 6.92 Å². The van der Waals surface area contributed by atoms with Gasteiger partial charge in [-0.2, -0.15) is 0 Å². The molecule has 0 saturated carbocycles. The normalized spacial score (nSPS) is 21.7. The number of hydrogen-bond donors (Lipinski definition) is 1. The number of hydrogen-bond acceptors (Lipinski definition) is 6. The van der Waals surface area contributed by atoms with Crippen molar-refractivity contribution in [2.24, 2.45) is 0 Å². The summed E-state index contributed by atoms with van der Waals surface area (Å²) < 4.78 is 19.8. The minimum Gasteiger partial charge on any atom is -0.478 e. The lowest BCUT2D eigenvalue weighted by atomic mass is 10.2. The van der Waals surface area contributed by atoms with Crippen molar-refractivity contribution in [1.29, 1.82) is 0 Å². The van der Waals surface area contributed by atoms with Gasteiger partial charge in [0.15, 0.2) is 0 Å². The van der Waals surface area contributed by atoms with E-state index >= 15 is 0 Å². The molecular weight excluding hydrogens is 292 g/mol. The molecule has 2 rings (SSSR count). The largest absolute Gasteiger partial charge is 0.478 e. The smallest absolute Gasteiger partial charge is 0.333 e. The Balaban J connectivity index is 0.000000231. The lowest BCUT2D eigenvalue weighted by Crippen LogP contribution is -2.06. The maximum atomic E-state index is 10.9. The Labute approximate surface area is 129 Å². The molecule has 0 bridgehead atoms. The Morgan fingerprint density at radius 2 is 1.82 bits per heavy atom. The van der Waals surface area contributed by atoms with Gasteiger partial charge in [0, 0.05) is 11.6 Å². The second kappa shape index (κ2) is 10.1. The van der Waals surface area contributed by atoms with E-state index in [-0.39, 0.29) is 12.0 Å². The second-order valence-electron chi connectivity index (χ2n) is 4.72. The second-order valence-corrected chi connectivity index (χ2v) is 4.72. The molecule has 0 amide bonds. The van der Waals surface area contributed by atoms with Crippen molar-refractivity contribution in [1.82, 2.24) is 0 Å². The van der Waals surface area contributed by atoms with Crippen LogP contribution in [0.1, 0.15) is 13.3 Å². The predicted molar refractivity (Wildman–Crippen MR) is 77.5 cm³/mol. The van der Waals surface area contributed by atoms with Crippen molar-refractivity contribution in [3.63, 3.8) is 0 Å². The molecule has 0 aromatic heterocycles. The number of ether oxygens (including phenoxy) is 4. The molecule has 2 aliphatic rings. The summed E-state index contributed by atoms with van der Waals surface area (Å²) in [4.78, 5) is 21.0. The SMILES string of the molecule is C(OCC1CO1)C1CO1.C=C(CC=CC(=O)O)C(=O)OCC. The summed E-state index contributed by atoms with van der Waals surface area (Å²) in [6.45, 7) is 8.70.